The van der Waals surface area contributed by atoms with Crippen LogP contribution in [0.15, 0.2) is 58.5 Å². The fraction of sp³-hybridized carbons (Fsp3) is 0.240. The molecular formula is C25H21F4N3O2S2. The van der Waals surface area contributed by atoms with E-state index in [0.29, 0.717) is 15.9 Å². The number of aryl methyl sites for hydroxylation is 2. The average Bonchev–Trinajstić information content (AvgIpc) is 3.14. The highest BCUT2D eigenvalue weighted by Gasteiger charge is 2.30. The second-order valence-corrected chi connectivity index (χ2v) is 10.0. The summed E-state index contributed by atoms with van der Waals surface area (Å²) in [7, 11) is 0. The number of anilines is 1. The molecule has 0 saturated carbocycles. The normalized spacial score (nSPS) is 11.7. The lowest BCUT2D eigenvalue weighted by molar-refractivity contribution is -0.137. The summed E-state index contributed by atoms with van der Waals surface area (Å²) in [4.78, 5) is 32.3. The number of carbonyl (C=O) groups is 1. The van der Waals surface area contributed by atoms with E-state index in [1.165, 1.54) is 52.3 Å². The Morgan fingerprint density at radius 3 is 2.56 bits per heavy atom. The number of carbonyl (C=O) groups excluding carboxylic acids is 1. The van der Waals surface area contributed by atoms with Gasteiger partial charge < -0.3 is 5.32 Å². The molecule has 0 atom stereocenters. The number of alkyl halides is 3. The van der Waals surface area contributed by atoms with Crippen molar-refractivity contribution >= 4 is 44.9 Å². The number of benzene rings is 2. The third-order valence-electron chi connectivity index (χ3n) is 5.40. The molecule has 0 fully saturated rings. The minimum Gasteiger partial charge on any atom is -0.325 e. The Morgan fingerprint density at radius 1 is 1.17 bits per heavy atom. The van der Waals surface area contributed by atoms with Crippen molar-refractivity contribution in [1.82, 2.24) is 9.55 Å². The molecule has 11 heteroatoms. The van der Waals surface area contributed by atoms with Crippen molar-refractivity contribution in [3.63, 3.8) is 0 Å². The lowest BCUT2D eigenvalue weighted by Crippen LogP contribution is -2.23. The van der Waals surface area contributed by atoms with E-state index in [0.717, 1.165) is 47.2 Å². The van der Waals surface area contributed by atoms with Gasteiger partial charge in [0.2, 0.25) is 5.91 Å². The van der Waals surface area contributed by atoms with Crippen LogP contribution in [0, 0.1) is 12.7 Å². The van der Waals surface area contributed by atoms with Crippen LogP contribution >= 0.6 is 23.1 Å². The number of fused-ring (bicyclic) bond motifs is 1. The van der Waals surface area contributed by atoms with Gasteiger partial charge in [0.25, 0.3) is 5.56 Å². The molecule has 0 aliphatic rings. The Kier molecular flexibility index (Phi) is 7.51. The van der Waals surface area contributed by atoms with E-state index >= 15 is 0 Å². The molecule has 0 spiro atoms. The lowest BCUT2D eigenvalue weighted by Gasteiger charge is -2.13. The lowest BCUT2D eigenvalue weighted by atomic mass is 10.1. The van der Waals surface area contributed by atoms with E-state index < -0.39 is 23.5 Å². The Labute approximate surface area is 212 Å². The highest BCUT2D eigenvalue weighted by atomic mass is 32.2. The monoisotopic (exact) mass is 535 g/mol. The standard InChI is InChI=1S/C25H21F4N3O2S2/c1-3-5-19-14(2)21-22(36-19)31-24(32(23(21)34)18-10-8-16(26)9-11-18)35-13-20(33)30-17-7-4-6-15(12-17)25(27,28)29/h4,6-12H,3,5,13H2,1-2H3,(H,30,33). The van der Waals surface area contributed by atoms with Gasteiger partial charge in [-0.2, -0.15) is 13.2 Å². The molecule has 2 aromatic carbocycles. The third-order valence-corrected chi connectivity index (χ3v) is 7.58. The molecule has 36 heavy (non-hydrogen) atoms. The fourth-order valence-corrected chi connectivity index (χ4v) is 5.82. The van der Waals surface area contributed by atoms with Crippen molar-refractivity contribution in [1.29, 1.82) is 0 Å². The van der Waals surface area contributed by atoms with Crippen molar-refractivity contribution < 1.29 is 22.4 Å². The van der Waals surface area contributed by atoms with Crippen molar-refractivity contribution in [3.8, 4) is 5.69 Å². The van der Waals surface area contributed by atoms with Crippen LogP contribution in [0.4, 0.5) is 23.2 Å². The predicted octanol–water partition coefficient (Wildman–Crippen LogP) is 6.60. The first-order chi connectivity index (χ1) is 17.1. The average molecular weight is 536 g/mol. The molecule has 4 aromatic rings. The van der Waals surface area contributed by atoms with E-state index in [4.69, 9.17) is 0 Å². The smallest absolute Gasteiger partial charge is 0.325 e. The summed E-state index contributed by atoms with van der Waals surface area (Å²) in [6.07, 6.45) is -2.84. The summed E-state index contributed by atoms with van der Waals surface area (Å²) in [6, 6.07) is 9.69. The minimum absolute atomic E-state index is 0.00727. The van der Waals surface area contributed by atoms with Gasteiger partial charge in [0.05, 0.1) is 22.4 Å². The summed E-state index contributed by atoms with van der Waals surface area (Å²) >= 11 is 2.39. The van der Waals surface area contributed by atoms with Crippen LogP contribution in [0.25, 0.3) is 15.9 Å². The van der Waals surface area contributed by atoms with E-state index in [-0.39, 0.29) is 22.2 Å². The van der Waals surface area contributed by atoms with Gasteiger partial charge in [-0.3, -0.25) is 14.2 Å². The number of nitrogens with one attached hydrogen (secondary N) is 1. The molecule has 1 amide bonds. The van der Waals surface area contributed by atoms with Crippen molar-refractivity contribution in [2.45, 2.75) is 38.0 Å². The molecule has 2 heterocycles. The van der Waals surface area contributed by atoms with Crippen LogP contribution in [0.1, 0.15) is 29.3 Å². The summed E-state index contributed by atoms with van der Waals surface area (Å²) in [5, 5.41) is 3.15. The summed E-state index contributed by atoms with van der Waals surface area (Å²) in [5.74, 6) is -1.23. The number of hydrogen-bond acceptors (Lipinski definition) is 5. The van der Waals surface area contributed by atoms with Gasteiger partial charge in [0.1, 0.15) is 10.6 Å². The Bertz CT molecular complexity index is 1480. The number of rotatable bonds is 7. The topological polar surface area (TPSA) is 64.0 Å². The second kappa shape index (κ2) is 10.4. The summed E-state index contributed by atoms with van der Waals surface area (Å²) in [5.41, 5.74) is 0.0424. The highest BCUT2D eigenvalue weighted by molar-refractivity contribution is 7.99. The zero-order chi connectivity index (χ0) is 26.0. The van der Waals surface area contributed by atoms with Gasteiger partial charge in [-0.1, -0.05) is 31.2 Å². The van der Waals surface area contributed by atoms with Gasteiger partial charge in [-0.25, -0.2) is 9.37 Å². The van der Waals surface area contributed by atoms with Crippen LogP contribution < -0.4 is 10.9 Å². The first-order valence-electron chi connectivity index (χ1n) is 11.0. The molecule has 0 aliphatic heterocycles. The summed E-state index contributed by atoms with van der Waals surface area (Å²) in [6.45, 7) is 3.91. The molecule has 0 radical (unpaired) electrons. The molecule has 1 N–H and O–H groups in total. The van der Waals surface area contributed by atoms with Gasteiger partial charge in [0, 0.05) is 10.6 Å². The van der Waals surface area contributed by atoms with Crippen LogP contribution in [0.2, 0.25) is 0 Å². The number of thiophene rings is 1. The first-order valence-corrected chi connectivity index (χ1v) is 12.8. The first kappa shape index (κ1) is 25.9. The van der Waals surface area contributed by atoms with E-state index in [9.17, 15) is 27.2 Å². The number of halogens is 4. The van der Waals surface area contributed by atoms with Crippen LogP contribution in [-0.2, 0) is 17.4 Å². The minimum atomic E-state index is -4.53. The van der Waals surface area contributed by atoms with Crippen molar-refractivity contribution in [2.75, 3.05) is 11.1 Å². The Hall–Kier alpha value is -3.18. The zero-order valence-electron chi connectivity index (χ0n) is 19.3. The van der Waals surface area contributed by atoms with Gasteiger partial charge >= 0.3 is 6.18 Å². The summed E-state index contributed by atoms with van der Waals surface area (Å²) < 4.78 is 53.8. The van der Waals surface area contributed by atoms with E-state index in [1.54, 1.807) is 0 Å². The molecule has 0 bridgehead atoms. The molecule has 0 unspecified atom stereocenters. The number of thioether (sulfide) groups is 1. The van der Waals surface area contributed by atoms with Crippen LogP contribution in [-0.4, -0.2) is 21.2 Å². The largest absolute Gasteiger partial charge is 0.416 e. The maximum Gasteiger partial charge on any atom is 0.416 e. The quantitative estimate of drug-likeness (QED) is 0.165. The van der Waals surface area contributed by atoms with Crippen LogP contribution in [0.3, 0.4) is 0 Å². The van der Waals surface area contributed by atoms with Gasteiger partial charge in [-0.15, -0.1) is 11.3 Å². The molecular weight excluding hydrogens is 514 g/mol. The van der Waals surface area contributed by atoms with E-state index in [1.807, 2.05) is 13.8 Å². The van der Waals surface area contributed by atoms with Crippen LogP contribution in [0.5, 0.6) is 0 Å². The third kappa shape index (κ3) is 5.46. The highest BCUT2D eigenvalue weighted by Crippen LogP contribution is 2.32. The molecule has 0 aliphatic carbocycles. The molecule has 5 nitrogen and oxygen atoms in total. The Morgan fingerprint density at radius 2 is 1.89 bits per heavy atom. The van der Waals surface area contributed by atoms with E-state index in [2.05, 4.69) is 10.3 Å². The molecule has 188 valence electrons. The second-order valence-electron chi connectivity index (χ2n) is 8.01. The molecule has 0 saturated heterocycles. The SMILES string of the molecule is CCCc1sc2nc(SCC(=O)Nc3cccc(C(F)(F)F)c3)n(-c3ccc(F)cc3)c(=O)c2c1C. The fourth-order valence-electron chi connectivity index (χ4n) is 3.69. The van der Waals surface area contributed by atoms with Crippen molar-refractivity contribution in [2.24, 2.45) is 0 Å². The maximum atomic E-state index is 13.6. The maximum absolute atomic E-state index is 13.6. The number of aromatic nitrogens is 2. The van der Waals surface area contributed by atoms with Gasteiger partial charge in [0.15, 0.2) is 5.16 Å². The van der Waals surface area contributed by atoms with Gasteiger partial charge in [-0.05, 0) is 61.4 Å². The molecule has 4 rings (SSSR count). The van der Waals surface area contributed by atoms with Crippen molar-refractivity contribution in [3.05, 3.63) is 80.7 Å². The Balaban J connectivity index is 1.67. The molecule has 2 aromatic heterocycles. The predicted molar refractivity (Wildman–Crippen MR) is 135 cm³/mol. The number of amides is 1. The number of hydrogen-bond donors (Lipinski definition) is 1. The zero-order valence-corrected chi connectivity index (χ0v) is 20.9. The number of nitrogens with zero attached hydrogens (tertiary/aromatic N) is 2.